The average Bonchev–Trinajstić information content (AvgIpc) is 2.91. The highest BCUT2D eigenvalue weighted by Gasteiger charge is 2.27. The van der Waals surface area contributed by atoms with Crippen molar-refractivity contribution < 1.29 is 18.0 Å². The number of sulfonamides is 1. The molecule has 0 aliphatic heterocycles. The molecule has 0 saturated carbocycles. The van der Waals surface area contributed by atoms with Gasteiger partial charge in [0.1, 0.15) is 0 Å². The van der Waals surface area contributed by atoms with E-state index in [2.05, 4.69) is 21.2 Å². The second-order valence-electron chi connectivity index (χ2n) is 8.15. The molecule has 0 unspecified atom stereocenters. The Balaban J connectivity index is 1.62. The van der Waals surface area contributed by atoms with Crippen LogP contribution in [-0.2, 0) is 21.4 Å². The lowest BCUT2D eigenvalue weighted by molar-refractivity contribution is -0.116. The Morgan fingerprint density at radius 2 is 1.46 bits per heavy atom. The lowest BCUT2D eigenvalue weighted by Crippen LogP contribution is -2.37. The summed E-state index contributed by atoms with van der Waals surface area (Å²) in [6.07, 6.45) is 0. The van der Waals surface area contributed by atoms with Crippen LogP contribution in [0.4, 0.5) is 5.69 Å². The number of nitrogens with zero attached hydrogens (tertiary/aromatic N) is 1. The lowest BCUT2D eigenvalue weighted by atomic mass is 10.0. The zero-order valence-electron chi connectivity index (χ0n) is 19.5. The van der Waals surface area contributed by atoms with Crippen molar-refractivity contribution >= 4 is 54.9 Å². The summed E-state index contributed by atoms with van der Waals surface area (Å²) in [5, 5.41) is 3.04. The number of carbonyl (C=O) groups excluding carboxylic acids is 2. The third-order valence-corrected chi connectivity index (χ3v) is 8.08. The number of halogens is 2. The number of benzene rings is 4. The average molecular weight is 598 g/mol. The van der Waals surface area contributed by atoms with Gasteiger partial charge in [0.25, 0.3) is 0 Å². The molecule has 1 N–H and O–H groups in total. The van der Waals surface area contributed by atoms with Crippen molar-refractivity contribution in [3.8, 4) is 0 Å². The summed E-state index contributed by atoms with van der Waals surface area (Å²) in [5.74, 6) is -0.914. The summed E-state index contributed by atoms with van der Waals surface area (Å²) in [7, 11) is -4.00. The Morgan fingerprint density at radius 1 is 0.838 bits per heavy atom. The van der Waals surface area contributed by atoms with Gasteiger partial charge in [-0.2, -0.15) is 4.31 Å². The van der Waals surface area contributed by atoms with E-state index in [1.165, 1.54) is 24.3 Å². The molecule has 0 bridgehead atoms. The summed E-state index contributed by atoms with van der Waals surface area (Å²) in [5.41, 5.74) is 1.59. The fourth-order valence-corrected chi connectivity index (χ4v) is 5.51. The first kappa shape index (κ1) is 26.8. The second-order valence-corrected chi connectivity index (χ2v) is 11.4. The predicted molar refractivity (Wildman–Crippen MR) is 148 cm³/mol. The van der Waals surface area contributed by atoms with E-state index in [1.54, 1.807) is 78.9 Å². The van der Waals surface area contributed by atoms with Crippen LogP contribution in [0.3, 0.4) is 0 Å². The van der Waals surface area contributed by atoms with Gasteiger partial charge in [0.15, 0.2) is 5.78 Å². The van der Waals surface area contributed by atoms with E-state index >= 15 is 0 Å². The minimum Gasteiger partial charge on any atom is -0.324 e. The van der Waals surface area contributed by atoms with Gasteiger partial charge in [-0.15, -0.1) is 0 Å². The molecule has 0 radical (unpaired) electrons. The van der Waals surface area contributed by atoms with Crippen LogP contribution in [-0.4, -0.2) is 31.0 Å². The van der Waals surface area contributed by atoms with Gasteiger partial charge in [0.05, 0.1) is 17.1 Å². The minimum absolute atomic E-state index is 0.0195. The summed E-state index contributed by atoms with van der Waals surface area (Å²) in [6, 6.07) is 28.3. The molecule has 4 aromatic carbocycles. The van der Waals surface area contributed by atoms with Crippen LogP contribution in [0.2, 0.25) is 5.02 Å². The lowest BCUT2D eigenvalue weighted by Gasteiger charge is -2.22. The quantitative estimate of drug-likeness (QED) is 0.234. The predicted octanol–water partition coefficient (Wildman–Crippen LogP) is 6.16. The summed E-state index contributed by atoms with van der Waals surface area (Å²) < 4.78 is 28.9. The number of nitrogens with one attached hydrogen (secondary N) is 1. The van der Waals surface area contributed by atoms with Crippen molar-refractivity contribution in [1.29, 1.82) is 0 Å². The van der Waals surface area contributed by atoms with Gasteiger partial charge in [-0.1, -0.05) is 88.2 Å². The number of anilines is 1. The molecule has 6 nitrogen and oxygen atoms in total. The molecule has 4 aromatic rings. The first-order valence-electron chi connectivity index (χ1n) is 11.2. The monoisotopic (exact) mass is 596 g/mol. The number of hydrogen-bond donors (Lipinski definition) is 1. The summed E-state index contributed by atoms with van der Waals surface area (Å²) in [4.78, 5) is 26.4. The molecular formula is C28H22BrClN2O4S. The molecule has 188 valence electrons. The molecule has 0 saturated heterocycles. The van der Waals surface area contributed by atoms with E-state index < -0.39 is 22.5 Å². The van der Waals surface area contributed by atoms with Gasteiger partial charge >= 0.3 is 0 Å². The van der Waals surface area contributed by atoms with Crippen molar-refractivity contribution in [1.82, 2.24) is 4.31 Å². The van der Waals surface area contributed by atoms with E-state index in [4.69, 9.17) is 11.6 Å². The Labute approximate surface area is 229 Å². The highest BCUT2D eigenvalue weighted by atomic mass is 79.9. The normalized spacial score (nSPS) is 11.3. The number of hydrogen-bond acceptors (Lipinski definition) is 4. The van der Waals surface area contributed by atoms with E-state index in [0.29, 0.717) is 16.1 Å². The number of carbonyl (C=O) groups is 2. The topological polar surface area (TPSA) is 83.6 Å². The van der Waals surface area contributed by atoms with Crippen molar-refractivity contribution in [2.75, 3.05) is 11.9 Å². The SMILES string of the molecule is O=C(CN(Cc1ccc(Br)cc1)S(=O)(=O)c1ccccc1)Nc1ccc(Cl)cc1C(=O)c1ccccc1. The molecule has 1 amide bonds. The van der Waals surface area contributed by atoms with Gasteiger partial charge in [-0.25, -0.2) is 8.42 Å². The molecule has 0 spiro atoms. The van der Waals surface area contributed by atoms with E-state index in [0.717, 1.165) is 8.78 Å². The highest BCUT2D eigenvalue weighted by molar-refractivity contribution is 9.10. The molecule has 0 fully saturated rings. The smallest absolute Gasteiger partial charge is 0.243 e. The Kier molecular flexibility index (Phi) is 8.56. The van der Waals surface area contributed by atoms with Gasteiger partial charge < -0.3 is 5.32 Å². The fourth-order valence-electron chi connectivity index (χ4n) is 3.67. The molecule has 9 heteroatoms. The van der Waals surface area contributed by atoms with Gasteiger partial charge in [-0.3, -0.25) is 9.59 Å². The molecule has 0 atom stereocenters. The third-order valence-electron chi connectivity index (χ3n) is 5.51. The van der Waals surface area contributed by atoms with E-state index in [-0.39, 0.29) is 28.5 Å². The van der Waals surface area contributed by atoms with Crippen LogP contribution < -0.4 is 5.32 Å². The van der Waals surface area contributed by atoms with Crippen molar-refractivity contribution in [3.63, 3.8) is 0 Å². The minimum atomic E-state index is -4.00. The molecule has 0 aromatic heterocycles. The number of amides is 1. The van der Waals surface area contributed by atoms with E-state index in [1.807, 2.05) is 0 Å². The molecule has 0 heterocycles. The van der Waals surface area contributed by atoms with Crippen LogP contribution in [0, 0.1) is 0 Å². The zero-order chi connectivity index (χ0) is 26.4. The van der Waals surface area contributed by atoms with Gasteiger partial charge in [0, 0.05) is 27.2 Å². The van der Waals surface area contributed by atoms with Crippen molar-refractivity contribution in [2.24, 2.45) is 0 Å². The van der Waals surface area contributed by atoms with Crippen LogP contribution in [0.1, 0.15) is 21.5 Å². The Hall–Kier alpha value is -3.30. The summed E-state index contributed by atoms with van der Waals surface area (Å²) in [6.45, 7) is -0.483. The third kappa shape index (κ3) is 6.72. The molecule has 0 aliphatic rings. The number of ketones is 1. The largest absolute Gasteiger partial charge is 0.324 e. The molecule has 0 aliphatic carbocycles. The first-order valence-corrected chi connectivity index (χ1v) is 13.8. The first-order chi connectivity index (χ1) is 17.7. The fraction of sp³-hybridized carbons (Fsp3) is 0.0714. The summed E-state index contributed by atoms with van der Waals surface area (Å²) >= 11 is 9.52. The zero-order valence-corrected chi connectivity index (χ0v) is 22.6. The van der Waals surface area contributed by atoms with Gasteiger partial charge in [0.2, 0.25) is 15.9 Å². The standard InChI is InChI=1S/C28H22BrClN2O4S/c29-22-13-11-20(12-14-22)18-32(37(35,36)24-9-5-2-6-10-24)19-27(33)31-26-16-15-23(30)17-25(26)28(34)21-7-3-1-4-8-21/h1-17H,18-19H2,(H,31,33). The van der Waals surface area contributed by atoms with Crippen LogP contribution >= 0.6 is 27.5 Å². The molecular weight excluding hydrogens is 576 g/mol. The van der Waals surface area contributed by atoms with Crippen LogP contribution in [0.5, 0.6) is 0 Å². The maximum atomic E-state index is 13.5. The Morgan fingerprint density at radius 3 is 2.11 bits per heavy atom. The molecule has 4 rings (SSSR count). The maximum absolute atomic E-state index is 13.5. The highest BCUT2D eigenvalue weighted by Crippen LogP contribution is 2.25. The van der Waals surface area contributed by atoms with Crippen molar-refractivity contribution in [2.45, 2.75) is 11.4 Å². The van der Waals surface area contributed by atoms with E-state index in [9.17, 15) is 18.0 Å². The van der Waals surface area contributed by atoms with Crippen molar-refractivity contribution in [3.05, 3.63) is 129 Å². The van der Waals surface area contributed by atoms with Crippen LogP contribution in [0.25, 0.3) is 0 Å². The Bertz CT molecular complexity index is 1510. The van der Waals surface area contributed by atoms with Crippen LogP contribution in [0.15, 0.2) is 112 Å². The second kappa shape index (κ2) is 11.8. The molecule has 37 heavy (non-hydrogen) atoms. The number of rotatable bonds is 9. The van der Waals surface area contributed by atoms with Gasteiger partial charge in [-0.05, 0) is 48.0 Å². The maximum Gasteiger partial charge on any atom is 0.243 e.